The molecule has 0 amide bonds. The van der Waals surface area contributed by atoms with Crippen molar-refractivity contribution in [3.63, 3.8) is 0 Å². The summed E-state index contributed by atoms with van der Waals surface area (Å²) in [5.41, 5.74) is 0.808. The minimum atomic E-state index is -0.422. The van der Waals surface area contributed by atoms with E-state index in [9.17, 15) is 4.39 Å². The van der Waals surface area contributed by atoms with Gasteiger partial charge in [0.15, 0.2) is 0 Å². The molecular formula is C10H6Cl2FNS. The Labute approximate surface area is 100 Å². The number of hydrogen-bond donors (Lipinski definition) is 0. The van der Waals surface area contributed by atoms with Gasteiger partial charge in [-0.3, -0.25) is 0 Å². The lowest BCUT2D eigenvalue weighted by atomic mass is 10.2. The van der Waals surface area contributed by atoms with Gasteiger partial charge in [-0.25, -0.2) is 9.37 Å². The van der Waals surface area contributed by atoms with Crippen LogP contribution >= 0.6 is 34.5 Å². The molecule has 0 bridgehead atoms. The molecule has 0 aliphatic rings. The summed E-state index contributed by atoms with van der Waals surface area (Å²) in [6.07, 6.45) is 1.71. The summed E-state index contributed by atoms with van der Waals surface area (Å²) in [4.78, 5) is 5.16. The highest BCUT2D eigenvalue weighted by atomic mass is 35.5. The van der Waals surface area contributed by atoms with Gasteiger partial charge in [0.2, 0.25) is 0 Å². The molecule has 0 atom stereocenters. The molecule has 0 spiro atoms. The van der Waals surface area contributed by atoms with Crippen LogP contribution in [0.1, 0.15) is 4.88 Å². The third kappa shape index (κ3) is 2.30. The highest BCUT2D eigenvalue weighted by molar-refractivity contribution is 7.15. The summed E-state index contributed by atoms with van der Waals surface area (Å²) in [7, 11) is 0. The van der Waals surface area contributed by atoms with E-state index in [4.69, 9.17) is 23.2 Å². The van der Waals surface area contributed by atoms with Gasteiger partial charge in [-0.2, -0.15) is 0 Å². The molecule has 2 aromatic rings. The maximum absolute atomic E-state index is 12.9. The Balaban J connectivity index is 2.40. The third-order valence-corrected chi connectivity index (χ3v) is 3.63. The fourth-order valence-corrected chi connectivity index (χ4v) is 2.30. The number of hydrogen-bond acceptors (Lipinski definition) is 2. The van der Waals surface area contributed by atoms with Gasteiger partial charge in [-0.15, -0.1) is 22.9 Å². The van der Waals surface area contributed by atoms with Crippen molar-refractivity contribution in [2.45, 2.75) is 5.88 Å². The zero-order chi connectivity index (χ0) is 10.8. The van der Waals surface area contributed by atoms with Crippen LogP contribution in [0.3, 0.4) is 0 Å². The molecule has 0 radical (unpaired) electrons. The van der Waals surface area contributed by atoms with Crippen LogP contribution in [0.5, 0.6) is 0 Å². The van der Waals surface area contributed by atoms with Crippen LogP contribution in [0.2, 0.25) is 5.02 Å². The topological polar surface area (TPSA) is 12.9 Å². The summed E-state index contributed by atoms with van der Waals surface area (Å²) in [6, 6.07) is 4.55. The van der Waals surface area contributed by atoms with Crippen molar-refractivity contribution in [3.05, 3.63) is 40.1 Å². The molecule has 1 aromatic carbocycles. The number of nitrogens with zero attached hydrogens (tertiary/aromatic N) is 1. The molecule has 0 saturated carbocycles. The third-order valence-electron chi connectivity index (χ3n) is 1.85. The van der Waals surface area contributed by atoms with Crippen LogP contribution in [0, 0.1) is 5.82 Å². The minimum absolute atomic E-state index is 0.107. The first-order valence-electron chi connectivity index (χ1n) is 4.17. The zero-order valence-electron chi connectivity index (χ0n) is 7.51. The van der Waals surface area contributed by atoms with E-state index >= 15 is 0 Å². The minimum Gasteiger partial charge on any atom is -0.244 e. The molecule has 1 heterocycles. The molecule has 2 rings (SSSR count). The second-order valence-electron chi connectivity index (χ2n) is 2.89. The second kappa shape index (κ2) is 4.47. The highest BCUT2D eigenvalue weighted by Gasteiger charge is 2.06. The van der Waals surface area contributed by atoms with E-state index in [1.165, 1.54) is 17.4 Å². The van der Waals surface area contributed by atoms with Gasteiger partial charge in [-0.1, -0.05) is 11.6 Å². The molecule has 0 aliphatic carbocycles. The van der Waals surface area contributed by atoms with Crippen molar-refractivity contribution in [2.75, 3.05) is 0 Å². The largest absolute Gasteiger partial charge is 0.244 e. The molecule has 1 nitrogen and oxygen atoms in total. The van der Waals surface area contributed by atoms with Gasteiger partial charge < -0.3 is 0 Å². The van der Waals surface area contributed by atoms with Crippen molar-refractivity contribution in [3.8, 4) is 10.6 Å². The van der Waals surface area contributed by atoms with Crippen molar-refractivity contribution in [1.82, 2.24) is 4.98 Å². The van der Waals surface area contributed by atoms with E-state index in [0.29, 0.717) is 5.88 Å². The Hall–Kier alpha value is -0.640. The van der Waals surface area contributed by atoms with Crippen molar-refractivity contribution >= 4 is 34.5 Å². The molecule has 5 heteroatoms. The monoisotopic (exact) mass is 261 g/mol. The standard InChI is InChI=1S/C10H6Cl2FNS/c11-4-7-5-14-10(15-7)6-1-2-9(13)8(12)3-6/h1-3,5H,4H2. The summed E-state index contributed by atoms with van der Waals surface area (Å²) in [5, 5.41) is 0.905. The van der Waals surface area contributed by atoms with Gasteiger partial charge >= 0.3 is 0 Å². The number of thiazole rings is 1. The smallest absolute Gasteiger partial charge is 0.141 e. The van der Waals surface area contributed by atoms with Gasteiger partial charge in [0.05, 0.1) is 10.9 Å². The van der Waals surface area contributed by atoms with E-state index < -0.39 is 5.82 Å². The molecule has 0 saturated heterocycles. The average Bonchev–Trinajstić information content (AvgIpc) is 2.70. The molecule has 1 aromatic heterocycles. The first-order chi connectivity index (χ1) is 7.20. The van der Waals surface area contributed by atoms with Crippen molar-refractivity contribution in [2.24, 2.45) is 0 Å². The molecule has 78 valence electrons. The van der Waals surface area contributed by atoms with E-state index in [1.807, 2.05) is 0 Å². The molecule has 0 fully saturated rings. The molecule has 0 N–H and O–H groups in total. The quantitative estimate of drug-likeness (QED) is 0.733. The van der Waals surface area contributed by atoms with Crippen LogP contribution in [-0.2, 0) is 5.88 Å². The van der Waals surface area contributed by atoms with Crippen molar-refractivity contribution in [1.29, 1.82) is 0 Å². The first-order valence-corrected chi connectivity index (χ1v) is 5.89. The molecule has 15 heavy (non-hydrogen) atoms. The highest BCUT2D eigenvalue weighted by Crippen LogP contribution is 2.28. The van der Waals surface area contributed by atoms with Crippen LogP contribution in [-0.4, -0.2) is 4.98 Å². The van der Waals surface area contributed by atoms with E-state index in [0.717, 1.165) is 15.4 Å². The Morgan fingerprint density at radius 1 is 1.40 bits per heavy atom. The van der Waals surface area contributed by atoms with Crippen LogP contribution in [0.25, 0.3) is 10.6 Å². The van der Waals surface area contributed by atoms with Crippen molar-refractivity contribution < 1.29 is 4.39 Å². The zero-order valence-corrected chi connectivity index (χ0v) is 9.83. The predicted octanol–water partition coefficient (Wildman–Crippen LogP) is 4.34. The van der Waals surface area contributed by atoms with E-state index in [2.05, 4.69) is 4.98 Å². The predicted molar refractivity (Wildman–Crippen MR) is 62.1 cm³/mol. The van der Waals surface area contributed by atoms with Gasteiger partial charge in [0, 0.05) is 16.6 Å². The van der Waals surface area contributed by atoms with Gasteiger partial charge in [0.25, 0.3) is 0 Å². The Bertz CT molecular complexity index is 484. The Morgan fingerprint density at radius 2 is 2.20 bits per heavy atom. The maximum atomic E-state index is 12.9. The summed E-state index contributed by atoms with van der Waals surface area (Å²) in [5.74, 6) is 0.0154. The van der Waals surface area contributed by atoms with Gasteiger partial charge in [-0.05, 0) is 18.2 Å². The van der Waals surface area contributed by atoms with Crippen LogP contribution < -0.4 is 0 Å². The molecule has 0 unspecified atom stereocenters. The first kappa shape index (κ1) is 10.9. The SMILES string of the molecule is Fc1ccc(-c2ncc(CCl)s2)cc1Cl. The summed E-state index contributed by atoms with van der Waals surface area (Å²) in [6.45, 7) is 0. The fourth-order valence-electron chi connectivity index (χ4n) is 1.13. The van der Waals surface area contributed by atoms with E-state index in [-0.39, 0.29) is 5.02 Å². The Kier molecular flexibility index (Phi) is 3.24. The average molecular weight is 262 g/mol. The van der Waals surface area contributed by atoms with E-state index in [1.54, 1.807) is 18.3 Å². The van der Waals surface area contributed by atoms with Gasteiger partial charge in [0.1, 0.15) is 10.8 Å². The number of halogens is 3. The summed E-state index contributed by atoms with van der Waals surface area (Å²) >= 11 is 12.8. The molecule has 0 aliphatic heterocycles. The summed E-state index contributed by atoms with van der Waals surface area (Å²) < 4.78 is 12.9. The fraction of sp³-hybridized carbons (Fsp3) is 0.100. The number of rotatable bonds is 2. The normalized spacial score (nSPS) is 10.6. The Morgan fingerprint density at radius 3 is 2.80 bits per heavy atom. The van der Waals surface area contributed by atoms with Crippen LogP contribution in [0.15, 0.2) is 24.4 Å². The number of alkyl halides is 1. The lowest BCUT2D eigenvalue weighted by molar-refractivity contribution is 0.628. The maximum Gasteiger partial charge on any atom is 0.141 e. The second-order valence-corrected chi connectivity index (χ2v) is 4.68. The lowest BCUT2D eigenvalue weighted by Gasteiger charge is -1.97. The number of aromatic nitrogens is 1. The lowest BCUT2D eigenvalue weighted by Crippen LogP contribution is -1.79. The number of benzene rings is 1. The van der Waals surface area contributed by atoms with Crippen LogP contribution in [0.4, 0.5) is 4.39 Å². The molecular weight excluding hydrogens is 256 g/mol.